The third-order valence-corrected chi connectivity index (χ3v) is 3.16. The molecule has 0 aromatic heterocycles. The van der Waals surface area contributed by atoms with Crippen molar-refractivity contribution in [3.8, 4) is 0 Å². The van der Waals surface area contributed by atoms with Crippen LogP contribution in [0.5, 0.6) is 0 Å². The number of allylic oxidation sites excluding steroid dienone is 1. The second-order valence-electron chi connectivity index (χ2n) is 4.80. The summed E-state index contributed by atoms with van der Waals surface area (Å²) in [5.41, 5.74) is -0.868. The number of hydrogen-bond donors (Lipinski definition) is 1. The molecular formula is C12H16ClNO3. The first-order valence-corrected chi connectivity index (χ1v) is 5.80. The number of hydrogen-bond acceptors (Lipinski definition) is 4. The molecule has 0 spiro atoms. The smallest absolute Gasteiger partial charge is 0.187 e. The highest BCUT2D eigenvalue weighted by Crippen LogP contribution is 2.22. The van der Waals surface area contributed by atoms with Crippen molar-refractivity contribution >= 4 is 28.3 Å². The maximum absolute atomic E-state index is 11.9. The Morgan fingerprint density at radius 2 is 2.24 bits per heavy atom. The Morgan fingerprint density at radius 3 is 2.76 bits per heavy atom. The summed E-state index contributed by atoms with van der Waals surface area (Å²) in [5, 5.41) is 9.92. The van der Waals surface area contributed by atoms with Crippen molar-refractivity contribution in [3.63, 3.8) is 0 Å². The summed E-state index contributed by atoms with van der Waals surface area (Å²) >= 11 is 5.67. The van der Waals surface area contributed by atoms with Crippen LogP contribution in [0.1, 0.15) is 27.2 Å². The number of dihydropyridines is 1. The topological polar surface area (TPSA) is 66.7 Å². The van der Waals surface area contributed by atoms with Crippen molar-refractivity contribution < 1.29 is 14.7 Å². The van der Waals surface area contributed by atoms with Crippen LogP contribution >= 0.6 is 11.6 Å². The zero-order valence-corrected chi connectivity index (χ0v) is 10.9. The molecule has 1 N–H and O–H groups in total. The first-order valence-electron chi connectivity index (χ1n) is 5.42. The Labute approximate surface area is 105 Å². The Morgan fingerprint density at radius 1 is 1.65 bits per heavy atom. The summed E-state index contributed by atoms with van der Waals surface area (Å²) in [5.74, 6) is -0.846. The third-order valence-electron chi connectivity index (χ3n) is 2.94. The van der Waals surface area contributed by atoms with Gasteiger partial charge in [-0.3, -0.25) is 14.6 Å². The Bertz CT molecular complexity index is 404. The van der Waals surface area contributed by atoms with E-state index in [4.69, 9.17) is 11.6 Å². The van der Waals surface area contributed by atoms with Crippen LogP contribution in [0, 0.1) is 5.92 Å². The number of aliphatic imine (C=N–C) groups is 1. The van der Waals surface area contributed by atoms with Gasteiger partial charge in [0.1, 0.15) is 11.7 Å². The lowest BCUT2D eigenvalue weighted by molar-refractivity contribution is -0.122. The number of carbonyl (C=O) groups is 2. The molecule has 0 aromatic rings. The van der Waals surface area contributed by atoms with E-state index >= 15 is 0 Å². The molecule has 1 rings (SSSR count). The van der Waals surface area contributed by atoms with Crippen molar-refractivity contribution in [3.05, 3.63) is 11.6 Å². The van der Waals surface area contributed by atoms with Crippen molar-refractivity contribution in [1.82, 2.24) is 0 Å². The van der Waals surface area contributed by atoms with Crippen molar-refractivity contribution in [1.29, 1.82) is 0 Å². The molecule has 4 nitrogen and oxygen atoms in total. The molecule has 0 saturated heterocycles. The van der Waals surface area contributed by atoms with Crippen LogP contribution in [0.15, 0.2) is 16.6 Å². The van der Waals surface area contributed by atoms with Crippen molar-refractivity contribution in [2.45, 2.75) is 32.8 Å². The number of halogens is 1. The monoisotopic (exact) mass is 257 g/mol. The third kappa shape index (κ3) is 3.75. The summed E-state index contributed by atoms with van der Waals surface area (Å²) in [6.45, 7) is 4.96. The fraction of sp³-hybridized carbons (Fsp3) is 0.583. The molecule has 1 aliphatic heterocycles. The highest BCUT2D eigenvalue weighted by atomic mass is 35.5. The average molecular weight is 258 g/mol. The van der Waals surface area contributed by atoms with Gasteiger partial charge in [-0.05, 0) is 25.8 Å². The lowest BCUT2D eigenvalue weighted by atomic mass is 9.86. The predicted molar refractivity (Wildman–Crippen MR) is 66.3 cm³/mol. The van der Waals surface area contributed by atoms with E-state index in [0.717, 1.165) is 0 Å². The van der Waals surface area contributed by atoms with E-state index in [2.05, 4.69) is 4.99 Å². The van der Waals surface area contributed by atoms with Gasteiger partial charge in [0.2, 0.25) is 0 Å². The second-order valence-corrected chi connectivity index (χ2v) is 5.19. The molecule has 0 saturated carbocycles. The Kier molecular flexibility index (Phi) is 4.22. The zero-order valence-electron chi connectivity index (χ0n) is 10.2. The van der Waals surface area contributed by atoms with E-state index in [1.54, 1.807) is 20.8 Å². The van der Waals surface area contributed by atoms with Gasteiger partial charge in [0, 0.05) is 6.42 Å². The number of aliphatic hydroxyl groups is 1. The summed E-state index contributed by atoms with van der Waals surface area (Å²) < 4.78 is 0. The summed E-state index contributed by atoms with van der Waals surface area (Å²) in [6, 6.07) is 0. The predicted octanol–water partition coefficient (Wildman–Crippen LogP) is 1.50. The van der Waals surface area contributed by atoms with Crippen molar-refractivity contribution in [2.24, 2.45) is 10.9 Å². The standard InChI is InChI=1S/C12H16ClNO3/c1-7(12(2,3)17)4-9(15)8-5-11(13)14-6-10(8)16/h5,7,17H,4,6H2,1-3H3/t7-/m0/s1. The molecule has 0 unspecified atom stereocenters. The van der Waals surface area contributed by atoms with Gasteiger partial charge in [0.25, 0.3) is 0 Å². The molecule has 0 aliphatic carbocycles. The van der Waals surface area contributed by atoms with Gasteiger partial charge in [-0.15, -0.1) is 0 Å². The molecule has 0 amide bonds. The number of nitrogens with zero attached hydrogens (tertiary/aromatic N) is 1. The van der Waals surface area contributed by atoms with Gasteiger partial charge in [-0.2, -0.15) is 0 Å². The van der Waals surface area contributed by atoms with Crippen LogP contribution < -0.4 is 0 Å². The van der Waals surface area contributed by atoms with Gasteiger partial charge in [0.05, 0.1) is 11.2 Å². The minimum Gasteiger partial charge on any atom is -0.390 e. The molecule has 0 radical (unpaired) electrons. The van der Waals surface area contributed by atoms with E-state index in [0.29, 0.717) is 0 Å². The first-order chi connectivity index (χ1) is 7.71. The summed E-state index contributed by atoms with van der Waals surface area (Å²) in [7, 11) is 0. The van der Waals surface area contributed by atoms with E-state index in [9.17, 15) is 14.7 Å². The minimum atomic E-state index is -0.953. The molecule has 94 valence electrons. The molecule has 1 heterocycles. The minimum absolute atomic E-state index is 0.0761. The molecule has 1 atom stereocenters. The Hall–Kier alpha value is -1.00. The molecular weight excluding hydrogens is 242 g/mol. The normalized spacial score (nSPS) is 18.5. The maximum atomic E-state index is 11.9. The lowest BCUT2D eigenvalue weighted by Crippen LogP contribution is -2.32. The van der Waals surface area contributed by atoms with Crippen LogP contribution in [0.2, 0.25) is 0 Å². The van der Waals surface area contributed by atoms with E-state index < -0.39 is 5.60 Å². The number of Topliss-reactive ketones (excluding diaryl/α,β-unsaturated/α-hetero) is 2. The van der Waals surface area contributed by atoms with Crippen LogP contribution in [0.4, 0.5) is 0 Å². The van der Waals surface area contributed by atoms with Crippen LogP contribution in [-0.2, 0) is 9.59 Å². The largest absolute Gasteiger partial charge is 0.390 e. The van der Waals surface area contributed by atoms with Crippen LogP contribution in [-0.4, -0.2) is 34.0 Å². The van der Waals surface area contributed by atoms with Crippen molar-refractivity contribution in [2.75, 3.05) is 6.54 Å². The van der Waals surface area contributed by atoms with Crippen LogP contribution in [0.25, 0.3) is 0 Å². The fourth-order valence-corrected chi connectivity index (χ4v) is 1.52. The molecule has 1 aliphatic rings. The van der Waals surface area contributed by atoms with Gasteiger partial charge < -0.3 is 5.11 Å². The van der Waals surface area contributed by atoms with Gasteiger partial charge in [-0.1, -0.05) is 18.5 Å². The van der Waals surface area contributed by atoms with E-state index in [1.165, 1.54) is 6.08 Å². The first kappa shape index (κ1) is 14.1. The molecule has 0 bridgehead atoms. The maximum Gasteiger partial charge on any atom is 0.187 e. The van der Waals surface area contributed by atoms with E-state index in [-0.39, 0.29) is 41.2 Å². The highest BCUT2D eigenvalue weighted by molar-refractivity contribution is 6.69. The fourth-order valence-electron chi connectivity index (χ4n) is 1.35. The Balaban J connectivity index is 2.78. The summed E-state index contributed by atoms with van der Waals surface area (Å²) in [6.07, 6.45) is 1.41. The quantitative estimate of drug-likeness (QED) is 0.776. The molecule has 5 heteroatoms. The number of ketones is 2. The molecule has 17 heavy (non-hydrogen) atoms. The van der Waals surface area contributed by atoms with Gasteiger partial charge in [-0.25, -0.2) is 0 Å². The number of carbonyl (C=O) groups excluding carboxylic acids is 2. The highest BCUT2D eigenvalue weighted by Gasteiger charge is 2.28. The van der Waals surface area contributed by atoms with Crippen LogP contribution in [0.3, 0.4) is 0 Å². The zero-order chi connectivity index (χ0) is 13.2. The second kappa shape index (κ2) is 5.10. The molecule has 0 aromatic carbocycles. The lowest BCUT2D eigenvalue weighted by Gasteiger charge is -2.25. The average Bonchev–Trinajstić information content (AvgIpc) is 2.20. The van der Waals surface area contributed by atoms with Gasteiger partial charge in [0.15, 0.2) is 11.6 Å². The van der Waals surface area contributed by atoms with Gasteiger partial charge >= 0.3 is 0 Å². The SMILES string of the molecule is C[C@@H](CC(=O)C1=CC(Cl)=NCC1=O)C(C)(C)O. The van der Waals surface area contributed by atoms with E-state index in [1.807, 2.05) is 0 Å². The summed E-state index contributed by atoms with van der Waals surface area (Å²) in [4.78, 5) is 27.1. The molecule has 0 fully saturated rings. The number of rotatable bonds is 4.